The van der Waals surface area contributed by atoms with Gasteiger partial charge >= 0.3 is 0 Å². The summed E-state index contributed by atoms with van der Waals surface area (Å²) in [5, 5.41) is 2.99. The minimum atomic E-state index is -0.669. The van der Waals surface area contributed by atoms with Gasteiger partial charge in [0.25, 0.3) is 5.56 Å². The van der Waals surface area contributed by atoms with Crippen LogP contribution >= 0.6 is 23.2 Å². The number of hydrogen-bond donors (Lipinski definition) is 1. The van der Waals surface area contributed by atoms with Gasteiger partial charge in [-0.05, 0) is 55.8 Å². The fourth-order valence-electron chi connectivity index (χ4n) is 4.07. The number of pyridine rings is 1. The molecule has 2 aromatic carbocycles. The summed E-state index contributed by atoms with van der Waals surface area (Å²) in [7, 11) is 1.63. The lowest BCUT2D eigenvalue weighted by Gasteiger charge is -2.25. The summed E-state index contributed by atoms with van der Waals surface area (Å²) in [6.45, 7) is 3.05. The van der Waals surface area contributed by atoms with Crippen molar-refractivity contribution in [1.82, 2.24) is 4.57 Å². The van der Waals surface area contributed by atoms with Gasteiger partial charge < -0.3 is 14.8 Å². The molecule has 33 heavy (non-hydrogen) atoms. The van der Waals surface area contributed by atoms with Crippen LogP contribution in [0.25, 0.3) is 11.3 Å². The molecule has 0 spiro atoms. The van der Waals surface area contributed by atoms with Gasteiger partial charge in [-0.3, -0.25) is 14.4 Å². The Morgan fingerprint density at radius 1 is 1.12 bits per heavy atom. The summed E-state index contributed by atoms with van der Waals surface area (Å²) in [5.74, 6) is -2.15. The van der Waals surface area contributed by atoms with Crippen LogP contribution in [-0.2, 0) is 16.6 Å². The molecule has 2 amide bonds. The summed E-state index contributed by atoms with van der Waals surface area (Å²) in [6.07, 6.45) is 0. The average Bonchev–Trinajstić information content (AvgIpc) is 2.84. The molecule has 1 atom stereocenters. The molecule has 170 valence electrons. The normalized spacial score (nSPS) is 15.0. The van der Waals surface area contributed by atoms with Gasteiger partial charge in [0.2, 0.25) is 11.8 Å². The predicted octanol–water partition coefficient (Wildman–Crippen LogP) is 4.90. The van der Waals surface area contributed by atoms with Crippen LogP contribution in [0, 0.1) is 12.7 Å². The zero-order chi connectivity index (χ0) is 24.0. The standard InChI is InChI=1S/C24H20Cl2FN3O3/c1-12-8-20-22(29(3)23(12)32)16-6-4-14(25)9-17(16)13(2)24(33)30(20)11-21(31)28-15-5-7-18(26)19(27)10-15/h4-10,13H,11H2,1-3H3,(H,28,31). The van der Waals surface area contributed by atoms with Crippen LogP contribution in [0.15, 0.2) is 47.3 Å². The van der Waals surface area contributed by atoms with Crippen molar-refractivity contribution < 1.29 is 14.0 Å². The molecule has 1 unspecified atom stereocenters. The third-order valence-electron chi connectivity index (χ3n) is 5.74. The highest BCUT2D eigenvalue weighted by Crippen LogP contribution is 2.41. The first-order valence-corrected chi connectivity index (χ1v) is 10.9. The van der Waals surface area contributed by atoms with E-state index in [1.54, 1.807) is 45.2 Å². The van der Waals surface area contributed by atoms with E-state index >= 15 is 0 Å². The number of aromatic nitrogens is 1. The highest BCUT2D eigenvalue weighted by atomic mass is 35.5. The Morgan fingerprint density at radius 3 is 2.55 bits per heavy atom. The fourth-order valence-corrected chi connectivity index (χ4v) is 4.37. The van der Waals surface area contributed by atoms with Crippen LogP contribution in [0.1, 0.15) is 24.0 Å². The Morgan fingerprint density at radius 2 is 1.85 bits per heavy atom. The molecular formula is C24H20Cl2FN3O3. The first-order valence-electron chi connectivity index (χ1n) is 10.1. The molecule has 1 N–H and O–H groups in total. The maximum absolute atomic E-state index is 13.8. The van der Waals surface area contributed by atoms with Crippen LogP contribution < -0.4 is 15.8 Å². The van der Waals surface area contributed by atoms with Gasteiger partial charge in [0, 0.05) is 28.9 Å². The Bertz CT molecular complexity index is 1370. The van der Waals surface area contributed by atoms with Crippen molar-refractivity contribution in [2.75, 3.05) is 16.8 Å². The van der Waals surface area contributed by atoms with Crippen molar-refractivity contribution in [3.8, 4) is 11.3 Å². The number of anilines is 2. The highest BCUT2D eigenvalue weighted by molar-refractivity contribution is 6.31. The summed E-state index contributed by atoms with van der Waals surface area (Å²) in [5.41, 5.74) is 2.74. The zero-order valence-electron chi connectivity index (χ0n) is 18.1. The van der Waals surface area contributed by atoms with E-state index in [0.29, 0.717) is 33.1 Å². The first kappa shape index (κ1) is 23.0. The number of rotatable bonds is 3. The van der Waals surface area contributed by atoms with Gasteiger partial charge in [0.05, 0.1) is 22.3 Å². The van der Waals surface area contributed by atoms with Gasteiger partial charge in [-0.1, -0.05) is 29.3 Å². The summed E-state index contributed by atoms with van der Waals surface area (Å²) in [6, 6.07) is 10.7. The molecule has 0 fully saturated rings. The molecule has 9 heteroatoms. The van der Waals surface area contributed by atoms with Crippen LogP contribution in [0.3, 0.4) is 0 Å². The molecule has 4 rings (SSSR count). The number of hydrogen-bond acceptors (Lipinski definition) is 3. The second-order valence-corrected chi connectivity index (χ2v) is 8.82. The lowest BCUT2D eigenvalue weighted by Crippen LogP contribution is -2.40. The quantitative estimate of drug-likeness (QED) is 0.571. The summed E-state index contributed by atoms with van der Waals surface area (Å²) in [4.78, 5) is 40.5. The number of nitrogens with one attached hydrogen (secondary N) is 1. The molecule has 0 radical (unpaired) electrons. The van der Waals surface area contributed by atoms with Crippen LogP contribution in [0.4, 0.5) is 15.8 Å². The van der Waals surface area contributed by atoms with Gasteiger partial charge in [-0.25, -0.2) is 4.39 Å². The second kappa shape index (κ2) is 8.65. The SMILES string of the molecule is Cc1cc2c(n(C)c1=O)-c1ccc(Cl)cc1C(C)C(=O)N2CC(=O)Nc1ccc(Cl)c(F)c1. The summed E-state index contributed by atoms with van der Waals surface area (Å²) >= 11 is 11.9. The van der Waals surface area contributed by atoms with Gasteiger partial charge in [-0.15, -0.1) is 0 Å². The number of amides is 2. The van der Waals surface area contributed by atoms with E-state index in [1.165, 1.54) is 21.6 Å². The minimum absolute atomic E-state index is 0.0636. The Kier molecular flexibility index (Phi) is 6.03. The molecule has 6 nitrogen and oxygen atoms in total. The lowest BCUT2D eigenvalue weighted by atomic mass is 9.94. The Balaban J connectivity index is 1.81. The van der Waals surface area contributed by atoms with Gasteiger partial charge in [0.15, 0.2) is 0 Å². The number of halogens is 3. The zero-order valence-corrected chi connectivity index (χ0v) is 19.6. The molecule has 1 aromatic heterocycles. The maximum Gasteiger partial charge on any atom is 0.253 e. The largest absolute Gasteiger partial charge is 0.324 e. The van der Waals surface area contributed by atoms with Crippen molar-refractivity contribution in [2.45, 2.75) is 19.8 Å². The van der Waals surface area contributed by atoms with Crippen LogP contribution in [0.2, 0.25) is 10.0 Å². The third-order valence-corrected chi connectivity index (χ3v) is 6.28. The van der Waals surface area contributed by atoms with E-state index < -0.39 is 17.6 Å². The average molecular weight is 488 g/mol. The number of aryl methyl sites for hydroxylation is 1. The Labute approximate surface area is 199 Å². The van der Waals surface area contributed by atoms with Crippen molar-refractivity contribution in [3.05, 3.63) is 79.8 Å². The number of carbonyl (C=O) groups is 2. The molecule has 1 aliphatic rings. The number of nitrogens with zero attached hydrogens (tertiary/aromatic N) is 2. The molecule has 1 aliphatic heterocycles. The fraction of sp³-hybridized carbons (Fsp3) is 0.208. The van der Waals surface area contributed by atoms with E-state index in [2.05, 4.69) is 5.32 Å². The van der Waals surface area contributed by atoms with Crippen LogP contribution in [0.5, 0.6) is 0 Å². The van der Waals surface area contributed by atoms with E-state index in [0.717, 1.165) is 6.07 Å². The highest BCUT2D eigenvalue weighted by Gasteiger charge is 2.34. The van der Waals surface area contributed by atoms with Crippen molar-refractivity contribution >= 4 is 46.4 Å². The first-order chi connectivity index (χ1) is 15.6. The van der Waals surface area contributed by atoms with Crippen LogP contribution in [-0.4, -0.2) is 22.9 Å². The number of benzene rings is 2. The van der Waals surface area contributed by atoms with E-state index in [1.807, 2.05) is 0 Å². The molecule has 0 saturated heterocycles. The molecule has 3 aromatic rings. The predicted molar refractivity (Wildman–Crippen MR) is 128 cm³/mol. The second-order valence-electron chi connectivity index (χ2n) is 7.98. The van der Waals surface area contributed by atoms with Crippen molar-refractivity contribution in [2.24, 2.45) is 7.05 Å². The molecule has 0 aliphatic carbocycles. The van der Waals surface area contributed by atoms with Gasteiger partial charge in [-0.2, -0.15) is 0 Å². The lowest BCUT2D eigenvalue weighted by molar-refractivity contribution is -0.122. The molecule has 0 saturated carbocycles. The molecular weight excluding hydrogens is 468 g/mol. The minimum Gasteiger partial charge on any atom is -0.324 e. The molecule has 0 bridgehead atoms. The summed E-state index contributed by atoms with van der Waals surface area (Å²) < 4.78 is 15.2. The number of fused-ring (bicyclic) bond motifs is 3. The monoisotopic (exact) mass is 487 g/mol. The van der Waals surface area contributed by atoms with Gasteiger partial charge in [0.1, 0.15) is 12.4 Å². The van der Waals surface area contributed by atoms with Crippen molar-refractivity contribution in [1.29, 1.82) is 0 Å². The third kappa shape index (κ3) is 4.14. The van der Waals surface area contributed by atoms with E-state index in [-0.39, 0.29) is 28.7 Å². The molecule has 2 heterocycles. The maximum atomic E-state index is 13.8. The van der Waals surface area contributed by atoms with E-state index in [4.69, 9.17) is 23.2 Å². The van der Waals surface area contributed by atoms with Crippen molar-refractivity contribution in [3.63, 3.8) is 0 Å². The smallest absolute Gasteiger partial charge is 0.253 e. The number of carbonyl (C=O) groups excluding carboxylic acids is 2. The van der Waals surface area contributed by atoms with E-state index in [9.17, 15) is 18.8 Å². The topological polar surface area (TPSA) is 71.4 Å². The Hall–Kier alpha value is -3.16.